The molecule has 0 bridgehead atoms. The number of nitrogens with one attached hydrogen (secondary N) is 5. The van der Waals surface area contributed by atoms with E-state index >= 15 is 0 Å². The lowest BCUT2D eigenvalue weighted by molar-refractivity contribution is -0.142. The predicted molar refractivity (Wildman–Crippen MR) is 167 cm³/mol. The Labute approximate surface area is 255 Å². The van der Waals surface area contributed by atoms with Crippen molar-refractivity contribution in [3.8, 4) is 0 Å². The molecular formula is C31H40N8O5. The van der Waals surface area contributed by atoms with Crippen LogP contribution in [0.1, 0.15) is 36.8 Å². The second kappa shape index (κ2) is 15.5. The van der Waals surface area contributed by atoms with Crippen LogP contribution in [0.15, 0.2) is 65.8 Å². The molecule has 4 unspecified atom stereocenters. The molecule has 4 atom stereocenters. The molecule has 13 heteroatoms. The van der Waals surface area contributed by atoms with E-state index in [1.807, 2.05) is 54.6 Å². The smallest absolute Gasteiger partial charge is 0.326 e. The maximum atomic E-state index is 13.7. The molecule has 0 spiro atoms. The normalized spacial score (nSPS) is 16.4. The summed E-state index contributed by atoms with van der Waals surface area (Å²) in [5.74, 6) is -2.85. The van der Waals surface area contributed by atoms with Gasteiger partial charge in [0.05, 0.1) is 6.04 Å². The average molecular weight is 605 g/mol. The standard InChI is InChI=1S/C31H40N8O5/c32-31(33)35-15-7-13-24(28(41)39-26(30(43)44)17-20-18-36-22-11-5-4-10-21(20)22)37-29(42)25(16-19-8-2-1-3-9-19)38-27(40)23-12-6-14-34-23/h1-5,8-11,18,23-26,34,36H,6-7,12-17H2,(H,37,42)(H,38,40)(H,39,41)(H,43,44)(H4,32,33,35). The minimum Gasteiger partial charge on any atom is -0.480 e. The Morgan fingerprint density at radius 3 is 2.32 bits per heavy atom. The highest BCUT2D eigenvalue weighted by atomic mass is 16.4. The molecule has 44 heavy (non-hydrogen) atoms. The monoisotopic (exact) mass is 604 g/mol. The van der Waals surface area contributed by atoms with Crippen LogP contribution in [0.5, 0.6) is 0 Å². The molecule has 1 aromatic heterocycles. The van der Waals surface area contributed by atoms with E-state index in [0.717, 1.165) is 35.0 Å². The summed E-state index contributed by atoms with van der Waals surface area (Å²) in [6.45, 7) is 0.923. The molecule has 10 N–H and O–H groups in total. The van der Waals surface area contributed by atoms with Crippen LogP contribution in [0.25, 0.3) is 10.9 Å². The van der Waals surface area contributed by atoms with Gasteiger partial charge in [0, 0.05) is 36.5 Å². The molecular weight excluding hydrogens is 564 g/mol. The zero-order chi connectivity index (χ0) is 31.5. The van der Waals surface area contributed by atoms with E-state index in [4.69, 9.17) is 11.5 Å². The summed E-state index contributed by atoms with van der Waals surface area (Å²) in [6, 6.07) is 13.0. The lowest BCUT2D eigenvalue weighted by Crippen LogP contribution is -2.57. The van der Waals surface area contributed by atoms with Crippen LogP contribution in [0.2, 0.25) is 0 Å². The van der Waals surface area contributed by atoms with Crippen molar-refractivity contribution in [2.75, 3.05) is 13.1 Å². The van der Waals surface area contributed by atoms with E-state index in [1.165, 1.54) is 0 Å². The minimum atomic E-state index is -1.26. The fourth-order valence-corrected chi connectivity index (χ4v) is 5.28. The first-order chi connectivity index (χ1) is 21.2. The van der Waals surface area contributed by atoms with E-state index in [9.17, 15) is 24.3 Å². The van der Waals surface area contributed by atoms with Crippen molar-refractivity contribution in [3.63, 3.8) is 0 Å². The number of rotatable bonds is 15. The number of guanidine groups is 1. The first kappa shape index (κ1) is 32.0. The number of aromatic amines is 1. The third-order valence-corrected chi connectivity index (χ3v) is 7.58. The van der Waals surface area contributed by atoms with Crippen molar-refractivity contribution >= 4 is 40.6 Å². The van der Waals surface area contributed by atoms with Crippen molar-refractivity contribution < 1.29 is 24.3 Å². The number of hydrogen-bond donors (Lipinski definition) is 8. The molecule has 0 aliphatic carbocycles. The summed E-state index contributed by atoms with van der Waals surface area (Å²) in [5.41, 5.74) is 13.3. The van der Waals surface area contributed by atoms with E-state index in [-0.39, 0.29) is 37.7 Å². The van der Waals surface area contributed by atoms with Crippen LogP contribution >= 0.6 is 0 Å². The minimum absolute atomic E-state index is 0.0286. The molecule has 3 aromatic rings. The average Bonchev–Trinajstić information content (AvgIpc) is 3.69. The van der Waals surface area contributed by atoms with Gasteiger partial charge in [-0.2, -0.15) is 0 Å². The summed E-state index contributed by atoms with van der Waals surface area (Å²) < 4.78 is 0. The van der Waals surface area contributed by atoms with Crippen LogP contribution in [0, 0.1) is 0 Å². The number of nitrogens with zero attached hydrogens (tertiary/aromatic N) is 1. The summed E-state index contributed by atoms with van der Waals surface area (Å²) in [7, 11) is 0. The molecule has 234 valence electrons. The van der Waals surface area contributed by atoms with Gasteiger partial charge in [-0.1, -0.05) is 48.5 Å². The van der Waals surface area contributed by atoms with Crippen molar-refractivity contribution in [1.82, 2.24) is 26.3 Å². The number of aromatic nitrogens is 1. The Morgan fingerprint density at radius 1 is 0.909 bits per heavy atom. The Morgan fingerprint density at radius 2 is 1.61 bits per heavy atom. The second-order valence-electron chi connectivity index (χ2n) is 10.9. The SMILES string of the molecule is NC(N)=NCCCC(NC(=O)C(Cc1ccccc1)NC(=O)C1CCCN1)C(=O)NC(Cc1c[nH]c2ccccc12)C(=O)O. The van der Waals surface area contributed by atoms with E-state index < -0.39 is 42.0 Å². The molecule has 13 nitrogen and oxygen atoms in total. The number of para-hydroxylation sites is 1. The summed E-state index contributed by atoms with van der Waals surface area (Å²) in [6.07, 6.45) is 3.93. The number of aliphatic carboxylic acids is 1. The van der Waals surface area contributed by atoms with Gasteiger partial charge < -0.3 is 42.8 Å². The number of H-pyrrole nitrogens is 1. The summed E-state index contributed by atoms with van der Waals surface area (Å²) in [5, 5.41) is 22.2. The van der Waals surface area contributed by atoms with Crippen LogP contribution in [0.4, 0.5) is 0 Å². The molecule has 1 saturated heterocycles. The van der Waals surface area contributed by atoms with Gasteiger partial charge in [-0.05, 0) is 49.4 Å². The predicted octanol–water partition coefficient (Wildman–Crippen LogP) is 0.298. The third-order valence-electron chi connectivity index (χ3n) is 7.58. The Kier molecular flexibility index (Phi) is 11.3. The second-order valence-corrected chi connectivity index (χ2v) is 10.9. The number of fused-ring (bicyclic) bond motifs is 1. The number of amides is 3. The number of aliphatic imine (C=N–C) groups is 1. The van der Waals surface area contributed by atoms with Gasteiger partial charge in [0.15, 0.2) is 5.96 Å². The van der Waals surface area contributed by atoms with E-state index in [1.54, 1.807) is 6.20 Å². The van der Waals surface area contributed by atoms with Crippen LogP contribution in [-0.4, -0.2) is 77.0 Å². The van der Waals surface area contributed by atoms with Crippen molar-refractivity contribution in [2.24, 2.45) is 16.5 Å². The molecule has 3 amide bonds. The molecule has 4 rings (SSSR count). The third kappa shape index (κ3) is 9.04. The molecule has 1 aliphatic heterocycles. The Hall–Kier alpha value is -4.91. The highest BCUT2D eigenvalue weighted by molar-refractivity contribution is 5.94. The van der Waals surface area contributed by atoms with Gasteiger partial charge in [-0.25, -0.2) is 4.79 Å². The van der Waals surface area contributed by atoms with Crippen LogP contribution in [-0.2, 0) is 32.0 Å². The largest absolute Gasteiger partial charge is 0.480 e. The van der Waals surface area contributed by atoms with Crippen LogP contribution in [0.3, 0.4) is 0 Å². The van der Waals surface area contributed by atoms with Crippen molar-refractivity contribution in [1.29, 1.82) is 0 Å². The first-order valence-electron chi connectivity index (χ1n) is 14.7. The number of carboxylic acid groups (broad SMARTS) is 1. The summed E-state index contributed by atoms with van der Waals surface area (Å²) in [4.78, 5) is 59.5. The molecule has 2 heterocycles. The van der Waals surface area contributed by atoms with Crippen molar-refractivity contribution in [2.45, 2.75) is 62.7 Å². The van der Waals surface area contributed by atoms with E-state index in [2.05, 4.69) is 31.2 Å². The molecule has 0 saturated carbocycles. The fourth-order valence-electron chi connectivity index (χ4n) is 5.28. The molecule has 1 fully saturated rings. The molecule has 0 radical (unpaired) electrons. The summed E-state index contributed by atoms with van der Waals surface area (Å²) >= 11 is 0. The maximum absolute atomic E-state index is 13.7. The van der Waals surface area contributed by atoms with E-state index in [0.29, 0.717) is 12.8 Å². The van der Waals surface area contributed by atoms with Gasteiger partial charge in [-0.15, -0.1) is 0 Å². The van der Waals surface area contributed by atoms with Gasteiger partial charge in [0.2, 0.25) is 17.7 Å². The maximum Gasteiger partial charge on any atom is 0.326 e. The topological polar surface area (TPSA) is 217 Å². The number of carbonyl (C=O) groups excluding carboxylic acids is 3. The number of hydrogen-bond acceptors (Lipinski definition) is 6. The van der Waals surface area contributed by atoms with Gasteiger partial charge in [0.1, 0.15) is 18.1 Å². The highest BCUT2D eigenvalue weighted by Crippen LogP contribution is 2.19. The molecule has 2 aromatic carbocycles. The fraction of sp³-hybridized carbons (Fsp3) is 0.387. The van der Waals surface area contributed by atoms with Gasteiger partial charge in [-0.3, -0.25) is 19.4 Å². The molecule has 1 aliphatic rings. The number of carboxylic acids is 1. The highest BCUT2D eigenvalue weighted by Gasteiger charge is 2.32. The number of benzene rings is 2. The number of carbonyl (C=O) groups is 4. The Balaban J connectivity index is 1.51. The van der Waals surface area contributed by atoms with Crippen LogP contribution < -0.4 is 32.7 Å². The van der Waals surface area contributed by atoms with Gasteiger partial charge >= 0.3 is 5.97 Å². The zero-order valence-corrected chi connectivity index (χ0v) is 24.4. The van der Waals surface area contributed by atoms with Gasteiger partial charge in [0.25, 0.3) is 0 Å². The quantitative estimate of drug-likeness (QED) is 0.0684. The number of nitrogens with two attached hydrogens (primary N) is 2. The first-order valence-corrected chi connectivity index (χ1v) is 14.7. The van der Waals surface area contributed by atoms with Crippen molar-refractivity contribution in [3.05, 3.63) is 71.9 Å². The lowest BCUT2D eigenvalue weighted by atomic mass is 10.0. The zero-order valence-electron chi connectivity index (χ0n) is 24.4. The lowest BCUT2D eigenvalue weighted by Gasteiger charge is -2.25. The Bertz CT molecular complexity index is 1460.